The molecular formula is C11H15ClFNO. The van der Waals surface area contributed by atoms with Crippen molar-refractivity contribution in [1.29, 1.82) is 0 Å². The lowest BCUT2D eigenvalue weighted by Gasteiger charge is -2.09. The molecule has 84 valence electrons. The number of alkyl halides is 1. The Balaban J connectivity index is 2.61. The Morgan fingerprint density at radius 2 is 2.27 bits per heavy atom. The highest BCUT2D eigenvalue weighted by molar-refractivity contribution is 6.20. The maximum atomic E-state index is 13.6. The number of ether oxygens (including phenoxy) is 1. The highest BCUT2D eigenvalue weighted by Crippen LogP contribution is 2.19. The van der Waals surface area contributed by atoms with E-state index in [-0.39, 0.29) is 16.9 Å². The van der Waals surface area contributed by atoms with Crippen LogP contribution in [0.4, 0.5) is 4.39 Å². The van der Waals surface area contributed by atoms with Gasteiger partial charge in [0.15, 0.2) is 11.6 Å². The van der Waals surface area contributed by atoms with E-state index in [4.69, 9.17) is 16.3 Å². The van der Waals surface area contributed by atoms with Crippen molar-refractivity contribution in [3.8, 4) is 5.75 Å². The molecule has 0 aliphatic rings. The van der Waals surface area contributed by atoms with Crippen LogP contribution in [0.3, 0.4) is 0 Å². The number of hydrogen-bond donors (Lipinski definition) is 1. The van der Waals surface area contributed by atoms with Crippen molar-refractivity contribution in [2.75, 3.05) is 13.7 Å². The quantitative estimate of drug-likeness (QED) is 0.787. The molecule has 1 aromatic carbocycles. The smallest absolute Gasteiger partial charge is 0.169 e. The molecule has 0 saturated heterocycles. The van der Waals surface area contributed by atoms with Gasteiger partial charge in [-0.05, 0) is 13.0 Å². The van der Waals surface area contributed by atoms with Gasteiger partial charge in [-0.2, -0.15) is 0 Å². The molecule has 1 N–H and O–H groups in total. The molecule has 1 rings (SSSR count). The summed E-state index contributed by atoms with van der Waals surface area (Å²) in [5.74, 6) is -0.0389. The zero-order chi connectivity index (χ0) is 11.3. The van der Waals surface area contributed by atoms with Gasteiger partial charge in [-0.3, -0.25) is 0 Å². The highest BCUT2D eigenvalue weighted by atomic mass is 35.5. The highest BCUT2D eigenvalue weighted by Gasteiger charge is 2.07. The van der Waals surface area contributed by atoms with Crippen LogP contribution in [0, 0.1) is 5.82 Å². The van der Waals surface area contributed by atoms with E-state index >= 15 is 0 Å². The summed E-state index contributed by atoms with van der Waals surface area (Å²) in [5.41, 5.74) is 0.590. The number of halogens is 2. The second-order valence-corrected chi connectivity index (χ2v) is 4.09. The van der Waals surface area contributed by atoms with Crippen LogP contribution in [0.5, 0.6) is 5.75 Å². The van der Waals surface area contributed by atoms with E-state index in [1.807, 2.05) is 6.92 Å². The minimum Gasteiger partial charge on any atom is -0.494 e. The van der Waals surface area contributed by atoms with E-state index in [0.29, 0.717) is 18.7 Å². The van der Waals surface area contributed by atoms with Gasteiger partial charge in [0.1, 0.15) is 0 Å². The topological polar surface area (TPSA) is 21.3 Å². The van der Waals surface area contributed by atoms with Gasteiger partial charge < -0.3 is 10.1 Å². The first-order valence-corrected chi connectivity index (χ1v) is 5.25. The number of benzene rings is 1. The van der Waals surface area contributed by atoms with Crippen molar-refractivity contribution in [3.63, 3.8) is 0 Å². The molecular weight excluding hydrogens is 217 g/mol. The molecule has 0 aliphatic carbocycles. The fourth-order valence-electron chi connectivity index (χ4n) is 1.26. The van der Waals surface area contributed by atoms with Gasteiger partial charge in [0.2, 0.25) is 0 Å². The molecule has 0 spiro atoms. The molecule has 2 nitrogen and oxygen atoms in total. The van der Waals surface area contributed by atoms with Gasteiger partial charge in [-0.1, -0.05) is 12.1 Å². The van der Waals surface area contributed by atoms with Crippen molar-refractivity contribution in [3.05, 3.63) is 29.6 Å². The van der Waals surface area contributed by atoms with E-state index in [0.717, 1.165) is 0 Å². The van der Waals surface area contributed by atoms with Crippen molar-refractivity contribution in [2.45, 2.75) is 18.8 Å². The molecule has 1 aromatic rings. The normalized spacial score (nSPS) is 12.5. The number of rotatable bonds is 5. The van der Waals surface area contributed by atoms with Gasteiger partial charge in [-0.15, -0.1) is 11.6 Å². The molecule has 0 aromatic heterocycles. The van der Waals surface area contributed by atoms with Crippen LogP contribution in [0.25, 0.3) is 0 Å². The summed E-state index contributed by atoms with van der Waals surface area (Å²) in [5, 5.41) is 3.11. The Morgan fingerprint density at radius 3 is 2.87 bits per heavy atom. The molecule has 0 amide bonds. The van der Waals surface area contributed by atoms with Gasteiger partial charge in [0.05, 0.1) is 7.11 Å². The van der Waals surface area contributed by atoms with E-state index < -0.39 is 0 Å². The third kappa shape index (κ3) is 3.68. The Bertz CT molecular complexity index is 317. The van der Waals surface area contributed by atoms with Crippen LogP contribution in [0.2, 0.25) is 0 Å². The maximum Gasteiger partial charge on any atom is 0.169 e. The van der Waals surface area contributed by atoms with Crippen LogP contribution in [0.1, 0.15) is 12.5 Å². The average molecular weight is 232 g/mol. The molecule has 0 radical (unpaired) electrons. The second kappa shape index (κ2) is 5.93. The van der Waals surface area contributed by atoms with Crippen molar-refractivity contribution < 1.29 is 9.13 Å². The number of hydrogen-bond acceptors (Lipinski definition) is 2. The van der Waals surface area contributed by atoms with Crippen LogP contribution < -0.4 is 10.1 Å². The Labute approximate surface area is 94.4 Å². The minimum atomic E-state index is -0.310. The average Bonchev–Trinajstić information content (AvgIpc) is 2.20. The van der Waals surface area contributed by atoms with Crippen LogP contribution in [-0.2, 0) is 6.54 Å². The SMILES string of the molecule is COc1cccc(CNCC(C)Cl)c1F. The molecule has 0 heterocycles. The lowest BCUT2D eigenvalue weighted by atomic mass is 10.2. The monoisotopic (exact) mass is 231 g/mol. The molecule has 15 heavy (non-hydrogen) atoms. The largest absolute Gasteiger partial charge is 0.494 e. The molecule has 1 unspecified atom stereocenters. The standard InChI is InChI=1S/C11H15ClFNO/c1-8(12)6-14-7-9-4-3-5-10(15-2)11(9)13/h3-5,8,14H,6-7H2,1-2H3. The molecule has 0 saturated carbocycles. The van der Waals surface area contributed by atoms with Gasteiger partial charge in [0.25, 0.3) is 0 Å². The fraction of sp³-hybridized carbons (Fsp3) is 0.455. The third-order valence-corrected chi connectivity index (χ3v) is 2.16. The van der Waals surface area contributed by atoms with E-state index in [9.17, 15) is 4.39 Å². The van der Waals surface area contributed by atoms with E-state index in [1.54, 1.807) is 18.2 Å². The molecule has 4 heteroatoms. The van der Waals surface area contributed by atoms with Crippen molar-refractivity contribution in [2.24, 2.45) is 0 Å². The van der Waals surface area contributed by atoms with Gasteiger partial charge >= 0.3 is 0 Å². The predicted molar refractivity (Wildman–Crippen MR) is 60.0 cm³/mol. The minimum absolute atomic E-state index is 0.0404. The number of methoxy groups -OCH3 is 1. The maximum absolute atomic E-state index is 13.6. The summed E-state index contributed by atoms with van der Waals surface area (Å²) in [6.45, 7) is 2.99. The summed E-state index contributed by atoms with van der Waals surface area (Å²) in [4.78, 5) is 0. The summed E-state index contributed by atoms with van der Waals surface area (Å²) in [7, 11) is 1.45. The molecule has 1 atom stereocenters. The van der Waals surface area contributed by atoms with E-state index in [1.165, 1.54) is 7.11 Å². The van der Waals surface area contributed by atoms with Crippen LogP contribution in [0.15, 0.2) is 18.2 Å². The lowest BCUT2D eigenvalue weighted by molar-refractivity contribution is 0.383. The molecule has 0 aliphatic heterocycles. The lowest BCUT2D eigenvalue weighted by Crippen LogP contribution is -2.21. The summed E-state index contributed by atoms with van der Waals surface area (Å²) >= 11 is 5.76. The van der Waals surface area contributed by atoms with Gasteiger partial charge in [-0.25, -0.2) is 4.39 Å². The second-order valence-electron chi connectivity index (χ2n) is 3.35. The Hall–Kier alpha value is -0.800. The zero-order valence-electron chi connectivity index (χ0n) is 8.89. The van der Waals surface area contributed by atoms with Crippen LogP contribution >= 0.6 is 11.6 Å². The first-order valence-electron chi connectivity index (χ1n) is 4.81. The Kier molecular flexibility index (Phi) is 4.85. The van der Waals surface area contributed by atoms with Gasteiger partial charge in [0, 0.05) is 24.0 Å². The fourth-order valence-corrected chi connectivity index (χ4v) is 1.37. The summed E-state index contributed by atoms with van der Waals surface area (Å²) < 4.78 is 18.5. The van der Waals surface area contributed by atoms with E-state index in [2.05, 4.69) is 5.32 Å². The summed E-state index contributed by atoms with van der Waals surface area (Å²) in [6, 6.07) is 5.09. The third-order valence-electron chi connectivity index (χ3n) is 2.00. The van der Waals surface area contributed by atoms with Crippen LogP contribution in [-0.4, -0.2) is 19.0 Å². The van der Waals surface area contributed by atoms with Crippen molar-refractivity contribution in [1.82, 2.24) is 5.32 Å². The van der Waals surface area contributed by atoms with Crippen molar-refractivity contribution >= 4 is 11.6 Å². The predicted octanol–water partition coefficient (Wildman–Crippen LogP) is 2.55. The first kappa shape index (κ1) is 12.3. The number of nitrogens with one attached hydrogen (secondary N) is 1. The molecule has 0 bridgehead atoms. The molecule has 0 fully saturated rings. The summed E-state index contributed by atoms with van der Waals surface area (Å²) in [6.07, 6.45) is 0. The Morgan fingerprint density at radius 1 is 1.53 bits per heavy atom. The first-order chi connectivity index (χ1) is 7.15. The zero-order valence-corrected chi connectivity index (χ0v) is 9.64.